The normalized spacial score (nSPS) is 20.7. The van der Waals surface area contributed by atoms with E-state index in [0.717, 1.165) is 13.0 Å². The minimum atomic E-state index is -0.423. The predicted molar refractivity (Wildman–Crippen MR) is 68.4 cm³/mol. The van der Waals surface area contributed by atoms with Crippen LogP contribution in [0.3, 0.4) is 0 Å². The highest BCUT2D eigenvalue weighted by molar-refractivity contribution is 9.10. The van der Waals surface area contributed by atoms with Gasteiger partial charge in [-0.1, -0.05) is 6.92 Å². The Labute approximate surface area is 108 Å². The lowest BCUT2D eigenvalue weighted by atomic mass is 10.1. The Hall–Kier alpha value is -0.680. The second kappa shape index (κ2) is 5.31. The number of anilines is 1. The summed E-state index contributed by atoms with van der Waals surface area (Å²) in [7, 11) is 0. The first kappa shape index (κ1) is 12.8. The lowest BCUT2D eigenvalue weighted by molar-refractivity contribution is 0.442. The molecule has 0 saturated carbocycles. The lowest BCUT2D eigenvalue weighted by Gasteiger charge is -2.35. The monoisotopic (exact) mass is 304 g/mol. The van der Waals surface area contributed by atoms with E-state index in [4.69, 9.17) is 0 Å². The predicted octanol–water partition coefficient (Wildman–Crippen LogP) is 2.92. The summed E-state index contributed by atoms with van der Waals surface area (Å²) in [5.41, 5.74) is 0.352. The van der Waals surface area contributed by atoms with E-state index in [2.05, 4.69) is 28.2 Å². The molecule has 0 amide bonds. The van der Waals surface area contributed by atoms with Crippen molar-refractivity contribution in [3.8, 4) is 0 Å². The molecule has 1 atom stereocenters. The number of hydrogen-bond acceptors (Lipinski definition) is 2. The zero-order chi connectivity index (χ0) is 12.4. The Morgan fingerprint density at radius 2 is 2.18 bits per heavy atom. The van der Waals surface area contributed by atoms with Crippen molar-refractivity contribution in [2.24, 2.45) is 0 Å². The number of benzene rings is 1. The quantitative estimate of drug-likeness (QED) is 0.845. The largest absolute Gasteiger partial charge is 0.366 e. The molecule has 1 unspecified atom stereocenters. The van der Waals surface area contributed by atoms with Crippen molar-refractivity contribution in [3.63, 3.8) is 0 Å². The van der Waals surface area contributed by atoms with Gasteiger partial charge in [0.1, 0.15) is 11.6 Å². The van der Waals surface area contributed by atoms with E-state index in [1.54, 1.807) is 0 Å². The molecule has 1 heterocycles. The fraction of sp³-hybridized carbons (Fsp3) is 0.500. The molecule has 0 aromatic heterocycles. The maximum atomic E-state index is 13.8. The van der Waals surface area contributed by atoms with Crippen LogP contribution in [0.4, 0.5) is 14.5 Å². The second-order valence-electron chi connectivity index (χ2n) is 4.22. The van der Waals surface area contributed by atoms with Crippen LogP contribution < -0.4 is 10.2 Å². The van der Waals surface area contributed by atoms with Crippen molar-refractivity contribution in [2.75, 3.05) is 24.5 Å². The summed E-state index contributed by atoms with van der Waals surface area (Å²) in [5.74, 6) is -0.803. The third-order valence-electron chi connectivity index (χ3n) is 3.08. The highest BCUT2D eigenvalue weighted by Gasteiger charge is 2.21. The van der Waals surface area contributed by atoms with Crippen molar-refractivity contribution in [1.82, 2.24) is 5.32 Å². The number of rotatable bonds is 2. The van der Waals surface area contributed by atoms with Gasteiger partial charge in [-0.3, -0.25) is 0 Å². The van der Waals surface area contributed by atoms with Gasteiger partial charge in [-0.15, -0.1) is 0 Å². The molecular weight excluding hydrogens is 290 g/mol. The molecule has 1 aliphatic heterocycles. The standard InChI is InChI=1S/C12H15BrF2N2/c1-2-8-7-17(4-3-16-8)12-6-10(14)9(13)5-11(12)15/h5-6,8,16H,2-4,7H2,1H3. The van der Waals surface area contributed by atoms with Crippen molar-refractivity contribution in [1.29, 1.82) is 0 Å². The average molecular weight is 305 g/mol. The van der Waals surface area contributed by atoms with Crippen molar-refractivity contribution >= 4 is 21.6 Å². The Balaban J connectivity index is 2.24. The summed E-state index contributed by atoms with van der Waals surface area (Å²) in [6.45, 7) is 4.30. The van der Waals surface area contributed by atoms with E-state index in [0.29, 0.717) is 24.8 Å². The van der Waals surface area contributed by atoms with Crippen LogP contribution in [0.1, 0.15) is 13.3 Å². The van der Waals surface area contributed by atoms with Crippen LogP contribution in [-0.4, -0.2) is 25.7 Å². The van der Waals surface area contributed by atoms with Gasteiger partial charge >= 0.3 is 0 Å². The van der Waals surface area contributed by atoms with E-state index in [9.17, 15) is 8.78 Å². The molecule has 17 heavy (non-hydrogen) atoms. The second-order valence-corrected chi connectivity index (χ2v) is 5.08. The maximum absolute atomic E-state index is 13.8. The molecule has 1 saturated heterocycles. The molecule has 1 aromatic carbocycles. The molecule has 1 aromatic rings. The molecule has 94 valence electrons. The summed E-state index contributed by atoms with van der Waals surface area (Å²) in [6, 6.07) is 2.79. The van der Waals surface area contributed by atoms with Crippen molar-refractivity contribution in [3.05, 3.63) is 28.2 Å². The van der Waals surface area contributed by atoms with E-state index in [1.807, 2.05) is 4.90 Å². The van der Waals surface area contributed by atoms with Gasteiger partial charge in [-0.25, -0.2) is 8.78 Å². The molecule has 0 aliphatic carbocycles. The molecular formula is C12H15BrF2N2. The Bertz CT molecular complexity index is 412. The van der Waals surface area contributed by atoms with Crippen LogP contribution in [0.5, 0.6) is 0 Å². The number of hydrogen-bond donors (Lipinski definition) is 1. The highest BCUT2D eigenvalue weighted by atomic mass is 79.9. The van der Waals surface area contributed by atoms with Crippen LogP contribution in [0.2, 0.25) is 0 Å². The fourth-order valence-electron chi connectivity index (χ4n) is 2.07. The Morgan fingerprint density at radius 3 is 2.88 bits per heavy atom. The molecule has 1 aliphatic rings. The van der Waals surface area contributed by atoms with Gasteiger partial charge in [-0.2, -0.15) is 0 Å². The summed E-state index contributed by atoms with van der Waals surface area (Å²) in [4.78, 5) is 1.90. The molecule has 1 fully saturated rings. The van der Waals surface area contributed by atoms with E-state index < -0.39 is 5.82 Å². The summed E-state index contributed by atoms with van der Waals surface area (Å²) < 4.78 is 27.4. The molecule has 0 bridgehead atoms. The number of piperazine rings is 1. The summed E-state index contributed by atoms with van der Waals surface area (Å²) in [6.07, 6.45) is 0.983. The molecule has 5 heteroatoms. The van der Waals surface area contributed by atoms with Gasteiger partial charge in [0.05, 0.1) is 10.2 Å². The average Bonchev–Trinajstić information content (AvgIpc) is 2.34. The van der Waals surface area contributed by atoms with Crippen LogP contribution in [-0.2, 0) is 0 Å². The first-order valence-corrected chi connectivity index (χ1v) is 6.54. The van der Waals surface area contributed by atoms with E-state index in [-0.39, 0.29) is 10.3 Å². The van der Waals surface area contributed by atoms with Gasteiger partial charge in [0.2, 0.25) is 0 Å². The Kier molecular flexibility index (Phi) is 3.99. The van der Waals surface area contributed by atoms with E-state index in [1.165, 1.54) is 12.1 Å². The fourth-order valence-corrected chi connectivity index (χ4v) is 2.39. The summed E-state index contributed by atoms with van der Waals surface area (Å²) >= 11 is 2.98. The van der Waals surface area contributed by atoms with Gasteiger partial charge in [0.25, 0.3) is 0 Å². The SMILES string of the molecule is CCC1CN(c2cc(F)c(Br)cc2F)CCN1. The van der Waals surface area contributed by atoms with E-state index >= 15 is 0 Å². The van der Waals surface area contributed by atoms with Gasteiger partial charge in [0, 0.05) is 31.7 Å². The zero-order valence-electron chi connectivity index (χ0n) is 9.64. The highest BCUT2D eigenvalue weighted by Crippen LogP contribution is 2.27. The molecule has 1 N–H and O–H groups in total. The zero-order valence-corrected chi connectivity index (χ0v) is 11.2. The van der Waals surface area contributed by atoms with Gasteiger partial charge in [0.15, 0.2) is 0 Å². The smallest absolute Gasteiger partial charge is 0.147 e. The Morgan fingerprint density at radius 1 is 1.41 bits per heavy atom. The lowest BCUT2D eigenvalue weighted by Crippen LogP contribution is -2.50. The molecule has 0 spiro atoms. The minimum Gasteiger partial charge on any atom is -0.366 e. The van der Waals surface area contributed by atoms with Crippen molar-refractivity contribution in [2.45, 2.75) is 19.4 Å². The maximum Gasteiger partial charge on any atom is 0.147 e. The van der Waals surface area contributed by atoms with Crippen LogP contribution in [0, 0.1) is 11.6 Å². The third-order valence-corrected chi connectivity index (χ3v) is 3.69. The topological polar surface area (TPSA) is 15.3 Å². The van der Waals surface area contributed by atoms with Crippen LogP contribution in [0.15, 0.2) is 16.6 Å². The first-order chi connectivity index (χ1) is 8.11. The van der Waals surface area contributed by atoms with Crippen molar-refractivity contribution < 1.29 is 8.78 Å². The van der Waals surface area contributed by atoms with Crippen LogP contribution >= 0.6 is 15.9 Å². The minimum absolute atomic E-state index is 0.168. The third kappa shape index (κ3) is 2.77. The first-order valence-electron chi connectivity index (χ1n) is 5.74. The summed E-state index contributed by atoms with van der Waals surface area (Å²) in [5, 5.41) is 3.35. The molecule has 0 radical (unpaired) electrons. The van der Waals surface area contributed by atoms with Crippen LogP contribution in [0.25, 0.3) is 0 Å². The van der Waals surface area contributed by atoms with Gasteiger partial charge in [-0.05, 0) is 28.4 Å². The molecule has 2 nitrogen and oxygen atoms in total. The number of nitrogens with zero attached hydrogens (tertiary/aromatic N) is 1. The van der Waals surface area contributed by atoms with Gasteiger partial charge < -0.3 is 10.2 Å². The number of nitrogens with one attached hydrogen (secondary N) is 1. The molecule has 2 rings (SSSR count). The number of halogens is 3.